The topological polar surface area (TPSA) is 57.2 Å². The Hall–Kier alpha value is -0.970. The molecule has 0 bridgehead atoms. The molecular formula is C17H23F12NO3S. The van der Waals surface area contributed by atoms with E-state index in [1.54, 1.807) is 0 Å². The van der Waals surface area contributed by atoms with Gasteiger partial charge in [0.25, 0.3) is 10.3 Å². The van der Waals surface area contributed by atoms with Gasteiger partial charge in [-0.1, -0.05) is 44.9 Å². The van der Waals surface area contributed by atoms with E-state index in [2.05, 4.69) is 0 Å². The van der Waals surface area contributed by atoms with Crippen molar-refractivity contribution in [3.63, 3.8) is 0 Å². The van der Waals surface area contributed by atoms with Crippen LogP contribution in [0.4, 0.5) is 52.8 Å². The first-order valence-corrected chi connectivity index (χ1v) is 11.6. The molecule has 0 radical (unpaired) electrons. The number of hydrogen-bond acceptors (Lipinski definition) is 3. The molecule has 1 saturated heterocycles. The molecule has 1 fully saturated rings. The monoisotopic (exact) mass is 549 g/mol. The van der Waals surface area contributed by atoms with Gasteiger partial charge in [0.05, 0.1) is 4.11 Å². The number of hydrogen-bond donors (Lipinski definition) is 0. The predicted molar refractivity (Wildman–Crippen MR) is 91.5 cm³/mol. The highest BCUT2D eigenvalue weighted by molar-refractivity contribution is 7.79. The van der Waals surface area contributed by atoms with Crippen LogP contribution < -0.4 is 0 Å². The van der Waals surface area contributed by atoms with E-state index >= 15 is 0 Å². The molecular weight excluding hydrogens is 526 g/mol. The molecule has 34 heavy (non-hydrogen) atoms. The van der Waals surface area contributed by atoms with Crippen LogP contribution in [0.15, 0.2) is 0 Å². The molecule has 1 rings (SSSR count). The Balaban J connectivity index is 2.91. The summed E-state index contributed by atoms with van der Waals surface area (Å²) in [5.74, 6) is -27.9. The zero-order chi connectivity index (χ0) is 26.9. The minimum absolute atomic E-state index is 0.0119. The lowest BCUT2D eigenvalue weighted by Gasteiger charge is -2.53. The molecule has 17 heteroatoms. The van der Waals surface area contributed by atoms with Gasteiger partial charge in [0.15, 0.2) is 0 Å². The summed E-state index contributed by atoms with van der Waals surface area (Å²) in [6.45, 7) is 0. The third kappa shape index (κ3) is 4.72. The van der Waals surface area contributed by atoms with Gasteiger partial charge < -0.3 is 4.55 Å². The number of rotatable bonds is 13. The van der Waals surface area contributed by atoms with Crippen molar-refractivity contribution in [2.24, 2.45) is 0 Å². The summed E-state index contributed by atoms with van der Waals surface area (Å²) in [5.41, 5.74) is 0. The molecule has 0 aromatic carbocycles. The fraction of sp³-hybridized carbons (Fsp3) is 1.00. The van der Waals surface area contributed by atoms with Crippen LogP contribution in [0, 0.1) is 0 Å². The number of piperidine rings is 1. The van der Waals surface area contributed by atoms with Gasteiger partial charge in [-0.25, -0.2) is 8.78 Å². The molecule has 2 unspecified atom stereocenters. The fourth-order valence-corrected chi connectivity index (χ4v) is 4.68. The third-order valence-corrected chi connectivity index (χ3v) is 6.84. The van der Waals surface area contributed by atoms with Crippen LogP contribution in [-0.4, -0.2) is 53.1 Å². The zero-order valence-electron chi connectivity index (χ0n) is 17.5. The largest absolute Gasteiger partial charge is 0.699 e. The van der Waals surface area contributed by atoms with Crippen molar-refractivity contribution < 1.29 is 69.9 Å². The Kier molecular flexibility index (Phi) is 9.30. The minimum atomic E-state index is -7.75. The normalized spacial score (nSPS) is 29.9. The van der Waals surface area contributed by atoms with E-state index in [9.17, 15) is 65.7 Å². The Morgan fingerprint density at radius 1 is 0.647 bits per heavy atom. The van der Waals surface area contributed by atoms with Gasteiger partial charge in [-0.15, -0.1) is 8.78 Å². The molecule has 0 amide bonds. The SMILES string of the molecule is O=S(=O)([O-])[N+]1(F)C(F)(F)C(F)(F)C(F)(F)C(F)(F)C1(F)CCCCCCCCCCCC(F)F. The Bertz CT molecular complexity index is 795. The van der Waals surface area contributed by atoms with Crippen LogP contribution in [0.25, 0.3) is 0 Å². The maximum Gasteiger partial charge on any atom is 0.514 e. The Morgan fingerprint density at radius 3 is 1.41 bits per heavy atom. The molecule has 0 aliphatic carbocycles. The van der Waals surface area contributed by atoms with Gasteiger partial charge in [-0.3, -0.25) is 0 Å². The molecule has 1 heterocycles. The summed E-state index contributed by atoms with van der Waals surface area (Å²) in [6, 6.07) is -7.39. The molecule has 2 atom stereocenters. The van der Waals surface area contributed by atoms with Gasteiger partial charge in [0.1, 0.15) is 0 Å². The van der Waals surface area contributed by atoms with Gasteiger partial charge in [-0.2, -0.15) is 39.2 Å². The van der Waals surface area contributed by atoms with Gasteiger partial charge in [0.2, 0.25) is 6.43 Å². The van der Waals surface area contributed by atoms with E-state index in [0.717, 1.165) is 0 Å². The molecule has 0 aromatic heterocycles. The van der Waals surface area contributed by atoms with Crippen molar-refractivity contribution in [1.29, 1.82) is 0 Å². The standard InChI is InChI=1S/C17H23F12NO3S/c18-12(19)10-8-6-4-2-1-3-5-7-9-11-13(20)14(21,22)15(23,24)16(25,26)17(27,28)30(13,29)34(31,32)33/h12H,1-11H2. The first kappa shape index (κ1) is 31.1. The zero-order valence-corrected chi connectivity index (χ0v) is 18.3. The second-order valence-corrected chi connectivity index (χ2v) is 9.45. The maximum atomic E-state index is 15.0. The highest BCUT2D eigenvalue weighted by Crippen LogP contribution is 2.69. The molecule has 0 saturated carbocycles. The van der Waals surface area contributed by atoms with Crippen molar-refractivity contribution in [2.75, 3.05) is 0 Å². The molecule has 0 spiro atoms. The van der Waals surface area contributed by atoms with E-state index in [1.165, 1.54) is 0 Å². The highest BCUT2D eigenvalue weighted by Gasteiger charge is 3.04. The summed E-state index contributed by atoms with van der Waals surface area (Å²) in [7, 11) is -7.75. The van der Waals surface area contributed by atoms with E-state index in [-0.39, 0.29) is 25.7 Å². The Morgan fingerprint density at radius 2 is 1.03 bits per heavy atom. The number of unbranched alkanes of at least 4 members (excludes halogenated alkanes) is 8. The van der Waals surface area contributed by atoms with E-state index in [4.69, 9.17) is 0 Å². The van der Waals surface area contributed by atoms with Crippen LogP contribution >= 0.6 is 0 Å². The summed E-state index contributed by atoms with van der Waals surface area (Å²) in [4.78, 5) is 0. The van der Waals surface area contributed by atoms with Gasteiger partial charge >= 0.3 is 29.6 Å². The number of nitrogens with zero attached hydrogens (tertiary/aromatic N) is 1. The molecule has 4 nitrogen and oxygen atoms in total. The molecule has 0 N–H and O–H groups in total. The third-order valence-electron chi connectivity index (χ3n) is 5.70. The van der Waals surface area contributed by atoms with E-state index in [0.29, 0.717) is 25.7 Å². The van der Waals surface area contributed by atoms with Crippen molar-refractivity contribution in [3.8, 4) is 0 Å². The number of halogens is 12. The van der Waals surface area contributed by atoms with Crippen LogP contribution in [0.5, 0.6) is 0 Å². The maximum absolute atomic E-state index is 15.0. The summed E-state index contributed by atoms with van der Waals surface area (Å²) >= 11 is 0. The smallest absolute Gasteiger partial charge is 0.514 e. The lowest BCUT2D eigenvalue weighted by atomic mass is 9.85. The summed E-state index contributed by atoms with van der Waals surface area (Å²) < 4.78 is 191. The van der Waals surface area contributed by atoms with E-state index in [1.807, 2.05) is 0 Å². The average Bonchev–Trinajstić information content (AvgIpc) is 2.68. The van der Waals surface area contributed by atoms with Gasteiger partial charge in [0, 0.05) is 17.3 Å². The van der Waals surface area contributed by atoms with Crippen LogP contribution in [0.3, 0.4) is 0 Å². The molecule has 204 valence electrons. The lowest BCUT2D eigenvalue weighted by molar-refractivity contribution is -1.11. The molecule has 1 aliphatic heterocycles. The minimum Gasteiger partial charge on any atom is -0.699 e. The molecule has 1 aliphatic rings. The Labute approximate surface area is 187 Å². The predicted octanol–water partition coefficient (Wildman–Crippen LogP) is 6.88. The first-order valence-electron chi connectivity index (χ1n) is 10.2. The summed E-state index contributed by atoms with van der Waals surface area (Å²) in [6.07, 6.45) is -4.03. The average molecular weight is 549 g/mol. The molecule has 0 aromatic rings. The fourth-order valence-electron chi connectivity index (χ4n) is 3.72. The quantitative estimate of drug-likeness (QED) is 0.0828. The number of alkyl halides is 11. The van der Waals surface area contributed by atoms with Crippen LogP contribution in [-0.2, 0) is 10.3 Å². The van der Waals surface area contributed by atoms with Crippen LogP contribution in [0.2, 0.25) is 0 Å². The van der Waals surface area contributed by atoms with Crippen LogP contribution in [0.1, 0.15) is 70.6 Å². The summed E-state index contributed by atoms with van der Waals surface area (Å²) in [5, 5.41) is 0. The van der Waals surface area contributed by atoms with E-state index < -0.39 is 69.7 Å². The second-order valence-electron chi connectivity index (χ2n) is 8.10. The van der Waals surface area contributed by atoms with Crippen molar-refractivity contribution in [2.45, 2.75) is 107 Å². The highest BCUT2D eigenvalue weighted by atomic mass is 32.2. The lowest BCUT2D eigenvalue weighted by Crippen LogP contribution is -2.88. The second kappa shape index (κ2) is 10.2. The van der Waals surface area contributed by atoms with Gasteiger partial charge in [-0.05, 0) is 12.8 Å². The first-order chi connectivity index (χ1) is 15.2. The van der Waals surface area contributed by atoms with Crippen molar-refractivity contribution in [3.05, 3.63) is 0 Å². The van der Waals surface area contributed by atoms with Crippen molar-refractivity contribution in [1.82, 2.24) is 0 Å². The van der Waals surface area contributed by atoms with Crippen molar-refractivity contribution >= 4 is 10.3 Å². The number of quaternary nitrogens is 1.